The number of hydrogen-bond donors (Lipinski definition) is 2. The molecule has 0 unspecified atom stereocenters. The van der Waals surface area contributed by atoms with E-state index in [1.54, 1.807) is 7.11 Å². The highest BCUT2D eigenvalue weighted by Crippen LogP contribution is 2.22. The van der Waals surface area contributed by atoms with Crippen molar-refractivity contribution in [3.8, 4) is 5.75 Å². The molecule has 3 nitrogen and oxygen atoms in total. The van der Waals surface area contributed by atoms with Crippen LogP contribution in [-0.2, 0) is 6.54 Å². The van der Waals surface area contributed by atoms with Crippen molar-refractivity contribution >= 4 is 11.6 Å². The largest absolute Gasteiger partial charge is 0.496 e. The van der Waals surface area contributed by atoms with Gasteiger partial charge in [0.05, 0.1) is 7.11 Å². The average molecular weight is 229 g/mol. The Bertz CT molecular complexity index is 305. The van der Waals surface area contributed by atoms with Crippen molar-refractivity contribution in [2.24, 2.45) is 5.73 Å². The van der Waals surface area contributed by atoms with E-state index in [0.29, 0.717) is 11.6 Å². The van der Waals surface area contributed by atoms with Crippen molar-refractivity contribution in [1.82, 2.24) is 5.32 Å². The van der Waals surface area contributed by atoms with Gasteiger partial charge in [0.15, 0.2) is 0 Å². The van der Waals surface area contributed by atoms with Gasteiger partial charge >= 0.3 is 0 Å². The lowest BCUT2D eigenvalue weighted by molar-refractivity contribution is 0.407. The summed E-state index contributed by atoms with van der Waals surface area (Å²) in [4.78, 5) is 0. The molecule has 0 fully saturated rings. The summed E-state index contributed by atoms with van der Waals surface area (Å²) in [7, 11) is 1.65. The molecule has 0 aromatic heterocycles. The van der Waals surface area contributed by atoms with E-state index in [0.717, 1.165) is 30.8 Å². The molecule has 0 amide bonds. The lowest BCUT2D eigenvalue weighted by atomic mass is 10.2. The second-order valence-electron chi connectivity index (χ2n) is 3.28. The Morgan fingerprint density at radius 2 is 2.27 bits per heavy atom. The van der Waals surface area contributed by atoms with Gasteiger partial charge in [-0.2, -0.15) is 0 Å². The number of benzene rings is 1. The molecule has 1 aromatic carbocycles. The summed E-state index contributed by atoms with van der Waals surface area (Å²) >= 11 is 5.86. The van der Waals surface area contributed by atoms with Gasteiger partial charge < -0.3 is 15.8 Å². The van der Waals surface area contributed by atoms with Crippen LogP contribution in [0.3, 0.4) is 0 Å². The third-order valence-electron chi connectivity index (χ3n) is 2.12. The van der Waals surface area contributed by atoms with E-state index >= 15 is 0 Å². The molecule has 0 radical (unpaired) electrons. The van der Waals surface area contributed by atoms with Gasteiger partial charge in [-0.25, -0.2) is 0 Å². The summed E-state index contributed by atoms with van der Waals surface area (Å²) in [5.41, 5.74) is 6.51. The van der Waals surface area contributed by atoms with Crippen LogP contribution < -0.4 is 15.8 Å². The average Bonchev–Trinajstić information content (AvgIpc) is 2.26. The topological polar surface area (TPSA) is 47.3 Å². The molecule has 0 heterocycles. The van der Waals surface area contributed by atoms with Crippen LogP contribution in [0.25, 0.3) is 0 Å². The summed E-state index contributed by atoms with van der Waals surface area (Å²) in [5, 5.41) is 3.99. The van der Waals surface area contributed by atoms with Crippen molar-refractivity contribution < 1.29 is 4.74 Å². The van der Waals surface area contributed by atoms with Crippen LogP contribution in [0.15, 0.2) is 18.2 Å². The Hall–Kier alpha value is -0.770. The number of halogens is 1. The van der Waals surface area contributed by atoms with Gasteiger partial charge in [0, 0.05) is 17.1 Å². The van der Waals surface area contributed by atoms with E-state index in [1.807, 2.05) is 18.2 Å². The molecule has 1 rings (SSSR count). The van der Waals surface area contributed by atoms with E-state index in [9.17, 15) is 0 Å². The maximum Gasteiger partial charge on any atom is 0.124 e. The van der Waals surface area contributed by atoms with Crippen molar-refractivity contribution in [3.05, 3.63) is 28.8 Å². The molecule has 0 bridgehead atoms. The number of rotatable bonds is 6. The summed E-state index contributed by atoms with van der Waals surface area (Å²) in [6.45, 7) is 2.41. The zero-order valence-corrected chi connectivity index (χ0v) is 9.68. The van der Waals surface area contributed by atoms with Gasteiger partial charge in [0.25, 0.3) is 0 Å². The van der Waals surface area contributed by atoms with Gasteiger partial charge in [-0.15, -0.1) is 0 Å². The predicted molar refractivity (Wildman–Crippen MR) is 63.4 cm³/mol. The van der Waals surface area contributed by atoms with Crippen LogP contribution in [0.1, 0.15) is 12.0 Å². The smallest absolute Gasteiger partial charge is 0.124 e. The fourth-order valence-corrected chi connectivity index (χ4v) is 1.48. The third-order valence-corrected chi connectivity index (χ3v) is 2.36. The second-order valence-corrected chi connectivity index (χ2v) is 3.71. The minimum Gasteiger partial charge on any atom is -0.496 e. The molecule has 0 aliphatic carbocycles. The van der Waals surface area contributed by atoms with Gasteiger partial charge in [-0.05, 0) is 31.6 Å². The molecule has 1 aromatic rings. The lowest BCUT2D eigenvalue weighted by Gasteiger charge is -2.09. The number of nitrogens with two attached hydrogens (primary N) is 1. The first-order valence-corrected chi connectivity index (χ1v) is 5.39. The summed E-state index contributed by atoms with van der Waals surface area (Å²) in [5.74, 6) is 0.822. The summed E-state index contributed by atoms with van der Waals surface area (Å²) in [6.07, 6.45) is 0.982. The van der Waals surface area contributed by atoms with Crippen LogP contribution in [0.4, 0.5) is 0 Å². The Balaban J connectivity index is 2.52. The summed E-state index contributed by atoms with van der Waals surface area (Å²) in [6, 6.07) is 5.65. The molecule has 0 saturated carbocycles. The van der Waals surface area contributed by atoms with Gasteiger partial charge in [0.1, 0.15) is 5.75 Å². The first kappa shape index (κ1) is 12.3. The number of ether oxygens (including phenoxy) is 1. The van der Waals surface area contributed by atoms with E-state index in [4.69, 9.17) is 22.1 Å². The number of nitrogens with one attached hydrogen (secondary N) is 1. The molecule has 0 atom stereocenters. The second kappa shape index (κ2) is 6.67. The molecule has 4 heteroatoms. The third kappa shape index (κ3) is 4.08. The molecule has 15 heavy (non-hydrogen) atoms. The summed E-state index contributed by atoms with van der Waals surface area (Å²) < 4.78 is 5.23. The normalized spacial score (nSPS) is 10.3. The van der Waals surface area contributed by atoms with Gasteiger partial charge in [-0.3, -0.25) is 0 Å². The Kier molecular flexibility index (Phi) is 5.47. The van der Waals surface area contributed by atoms with Crippen molar-refractivity contribution in [2.45, 2.75) is 13.0 Å². The monoisotopic (exact) mass is 228 g/mol. The number of methoxy groups -OCH3 is 1. The van der Waals surface area contributed by atoms with Crippen LogP contribution in [0.5, 0.6) is 5.75 Å². The van der Waals surface area contributed by atoms with Gasteiger partial charge in [0.2, 0.25) is 0 Å². The minimum absolute atomic E-state index is 0.692. The molecular formula is C11H17ClN2O. The Morgan fingerprint density at radius 1 is 1.47 bits per heavy atom. The molecule has 0 aliphatic heterocycles. The number of hydrogen-bond acceptors (Lipinski definition) is 3. The maximum absolute atomic E-state index is 5.86. The standard InChI is InChI=1S/C11H17ClN2O/c1-15-11-7-10(12)4-3-9(11)8-14-6-2-5-13/h3-4,7,14H,2,5-6,8,13H2,1H3. The zero-order valence-electron chi connectivity index (χ0n) is 8.92. The van der Waals surface area contributed by atoms with E-state index in [-0.39, 0.29) is 0 Å². The first-order valence-electron chi connectivity index (χ1n) is 5.01. The fraction of sp³-hybridized carbons (Fsp3) is 0.455. The van der Waals surface area contributed by atoms with E-state index in [1.165, 1.54) is 0 Å². The highest BCUT2D eigenvalue weighted by atomic mass is 35.5. The quantitative estimate of drug-likeness (QED) is 0.730. The highest BCUT2D eigenvalue weighted by molar-refractivity contribution is 6.30. The van der Waals surface area contributed by atoms with E-state index in [2.05, 4.69) is 5.32 Å². The van der Waals surface area contributed by atoms with Crippen molar-refractivity contribution in [2.75, 3.05) is 20.2 Å². The van der Waals surface area contributed by atoms with Crippen LogP contribution in [0, 0.1) is 0 Å². The fourth-order valence-electron chi connectivity index (χ4n) is 1.31. The molecule has 0 spiro atoms. The van der Waals surface area contributed by atoms with Crippen molar-refractivity contribution in [3.63, 3.8) is 0 Å². The predicted octanol–water partition coefficient (Wildman–Crippen LogP) is 1.79. The van der Waals surface area contributed by atoms with Crippen LogP contribution >= 0.6 is 11.6 Å². The molecule has 0 aliphatic rings. The SMILES string of the molecule is COc1cc(Cl)ccc1CNCCCN. The zero-order chi connectivity index (χ0) is 11.1. The van der Waals surface area contributed by atoms with Crippen molar-refractivity contribution in [1.29, 1.82) is 0 Å². The lowest BCUT2D eigenvalue weighted by Crippen LogP contribution is -2.18. The van der Waals surface area contributed by atoms with Crippen LogP contribution in [0.2, 0.25) is 5.02 Å². The molecule has 3 N–H and O–H groups in total. The maximum atomic E-state index is 5.86. The molecular weight excluding hydrogens is 212 g/mol. The van der Waals surface area contributed by atoms with Gasteiger partial charge in [-0.1, -0.05) is 17.7 Å². The first-order chi connectivity index (χ1) is 7.27. The molecule has 84 valence electrons. The molecule has 0 saturated heterocycles. The van der Waals surface area contributed by atoms with E-state index < -0.39 is 0 Å². The Labute approximate surface area is 95.6 Å². The van der Waals surface area contributed by atoms with Crippen LogP contribution in [-0.4, -0.2) is 20.2 Å². The Morgan fingerprint density at radius 3 is 2.93 bits per heavy atom. The minimum atomic E-state index is 0.692. The highest BCUT2D eigenvalue weighted by Gasteiger charge is 2.02.